The van der Waals surface area contributed by atoms with Crippen molar-refractivity contribution in [2.75, 3.05) is 11.4 Å². The molecule has 0 bridgehead atoms. The maximum atomic E-state index is 3.79. The number of aryl methyl sites for hydroxylation is 2. The molecule has 0 saturated carbocycles. The zero-order valence-corrected chi connectivity index (χ0v) is 11.9. The summed E-state index contributed by atoms with van der Waals surface area (Å²) in [6.07, 6.45) is 8.04. The minimum atomic E-state index is 0.937. The van der Waals surface area contributed by atoms with Crippen molar-refractivity contribution < 1.29 is 0 Å². The van der Waals surface area contributed by atoms with Crippen LogP contribution in [-0.2, 0) is 0 Å². The number of allylic oxidation sites excluding steroid dienone is 4. The van der Waals surface area contributed by atoms with E-state index in [4.69, 9.17) is 0 Å². The van der Waals surface area contributed by atoms with Crippen LogP contribution in [0, 0.1) is 13.8 Å². The number of hydrogen-bond acceptors (Lipinski definition) is 1. The number of likely N-dealkylation sites (N-methyl/N-ethyl adjacent to an activating group) is 1. The minimum Gasteiger partial charge on any atom is -0.342 e. The van der Waals surface area contributed by atoms with Crippen LogP contribution < -0.4 is 4.90 Å². The van der Waals surface area contributed by atoms with Crippen molar-refractivity contribution in [3.05, 3.63) is 65.9 Å². The number of hydrogen-bond donors (Lipinski definition) is 0. The van der Waals surface area contributed by atoms with Crippen LogP contribution in [-0.4, -0.2) is 6.54 Å². The first-order chi connectivity index (χ1) is 8.63. The van der Waals surface area contributed by atoms with E-state index in [9.17, 15) is 0 Å². The number of nitrogens with zero attached hydrogens (tertiary/aromatic N) is 1. The van der Waals surface area contributed by atoms with E-state index in [0.717, 1.165) is 6.54 Å². The van der Waals surface area contributed by atoms with Gasteiger partial charge in [0.25, 0.3) is 0 Å². The average Bonchev–Trinajstić information content (AvgIpc) is 2.35. The fourth-order valence-electron chi connectivity index (χ4n) is 1.93. The zero-order valence-electron chi connectivity index (χ0n) is 11.9. The van der Waals surface area contributed by atoms with Gasteiger partial charge in [0.05, 0.1) is 0 Å². The van der Waals surface area contributed by atoms with Crippen LogP contribution in [0.1, 0.15) is 25.0 Å². The molecule has 1 nitrogen and oxygen atoms in total. The van der Waals surface area contributed by atoms with Crippen LogP contribution >= 0.6 is 0 Å². The van der Waals surface area contributed by atoms with Crippen LogP contribution in [0.4, 0.5) is 5.69 Å². The molecular formula is C17H23N. The third kappa shape index (κ3) is 3.36. The Morgan fingerprint density at radius 2 is 2.00 bits per heavy atom. The molecule has 0 atom stereocenters. The summed E-state index contributed by atoms with van der Waals surface area (Å²) in [5.41, 5.74) is 5.05. The third-order valence-corrected chi connectivity index (χ3v) is 3.06. The predicted octanol–water partition coefficient (Wildman–Crippen LogP) is 4.78. The lowest BCUT2D eigenvalue weighted by Gasteiger charge is -2.25. The van der Waals surface area contributed by atoms with Gasteiger partial charge in [0, 0.05) is 17.9 Å². The molecule has 0 aliphatic heterocycles. The van der Waals surface area contributed by atoms with Crippen molar-refractivity contribution in [3.63, 3.8) is 0 Å². The number of rotatable bonds is 5. The molecule has 0 aliphatic carbocycles. The second-order valence-corrected chi connectivity index (χ2v) is 4.34. The van der Waals surface area contributed by atoms with Gasteiger partial charge in [-0.15, -0.1) is 0 Å². The van der Waals surface area contributed by atoms with Gasteiger partial charge in [-0.2, -0.15) is 0 Å². The highest BCUT2D eigenvalue weighted by molar-refractivity contribution is 5.57. The molecule has 18 heavy (non-hydrogen) atoms. The summed E-state index contributed by atoms with van der Waals surface area (Å²) in [7, 11) is 0. The molecule has 1 aromatic rings. The molecule has 0 radical (unpaired) electrons. The fourth-order valence-corrected chi connectivity index (χ4v) is 1.93. The smallest absolute Gasteiger partial charge is 0.0413 e. The highest BCUT2D eigenvalue weighted by Crippen LogP contribution is 2.23. The van der Waals surface area contributed by atoms with Crippen molar-refractivity contribution in [2.45, 2.75) is 27.7 Å². The lowest BCUT2D eigenvalue weighted by molar-refractivity contribution is 0.975. The van der Waals surface area contributed by atoms with Crippen molar-refractivity contribution in [2.24, 2.45) is 0 Å². The Morgan fingerprint density at radius 3 is 2.50 bits per heavy atom. The van der Waals surface area contributed by atoms with Crippen molar-refractivity contribution in [1.29, 1.82) is 0 Å². The van der Waals surface area contributed by atoms with E-state index in [-0.39, 0.29) is 0 Å². The normalized spacial score (nSPS) is 11.9. The van der Waals surface area contributed by atoms with E-state index < -0.39 is 0 Å². The van der Waals surface area contributed by atoms with Gasteiger partial charge in [-0.25, -0.2) is 0 Å². The number of anilines is 1. The highest BCUT2D eigenvalue weighted by atomic mass is 15.1. The third-order valence-electron chi connectivity index (χ3n) is 3.06. The summed E-state index contributed by atoms with van der Waals surface area (Å²) in [4.78, 5) is 2.29. The standard InChI is InChI=1S/C17H23N/c1-6-9-16(10-7-2)18(8-3)17-12-11-14(4)15(5)13-17/h6-7,9-13H,1,8H2,2-5H3/b10-7-,16-9+. The maximum Gasteiger partial charge on any atom is 0.0413 e. The second kappa shape index (κ2) is 6.85. The molecule has 0 unspecified atom stereocenters. The summed E-state index contributed by atoms with van der Waals surface area (Å²) in [6, 6.07) is 6.58. The molecule has 1 rings (SSSR count). The van der Waals surface area contributed by atoms with Gasteiger partial charge < -0.3 is 4.90 Å². The van der Waals surface area contributed by atoms with Crippen LogP contribution in [0.3, 0.4) is 0 Å². The van der Waals surface area contributed by atoms with Gasteiger partial charge in [-0.1, -0.05) is 24.8 Å². The first-order valence-corrected chi connectivity index (χ1v) is 6.44. The summed E-state index contributed by atoms with van der Waals surface area (Å²) in [6.45, 7) is 13.2. The van der Waals surface area contributed by atoms with Crippen molar-refractivity contribution >= 4 is 5.69 Å². The van der Waals surface area contributed by atoms with Crippen LogP contribution in [0.2, 0.25) is 0 Å². The van der Waals surface area contributed by atoms with E-state index >= 15 is 0 Å². The van der Waals surface area contributed by atoms with Crippen LogP contribution in [0.25, 0.3) is 0 Å². The lowest BCUT2D eigenvalue weighted by atomic mass is 10.1. The molecule has 0 aliphatic rings. The molecule has 0 saturated heterocycles. The molecule has 96 valence electrons. The Hall–Kier alpha value is -1.76. The van der Waals surface area contributed by atoms with Crippen LogP contribution in [0.15, 0.2) is 54.8 Å². The first kappa shape index (κ1) is 14.3. The highest BCUT2D eigenvalue weighted by Gasteiger charge is 2.07. The summed E-state index contributed by atoms with van der Waals surface area (Å²) in [5, 5.41) is 0. The zero-order chi connectivity index (χ0) is 13.5. The largest absolute Gasteiger partial charge is 0.342 e. The van der Waals surface area contributed by atoms with E-state index in [2.05, 4.69) is 62.6 Å². The Morgan fingerprint density at radius 1 is 1.28 bits per heavy atom. The Balaban J connectivity index is 3.18. The molecule has 1 heteroatoms. The van der Waals surface area contributed by atoms with Crippen LogP contribution in [0.5, 0.6) is 0 Å². The van der Waals surface area contributed by atoms with Gasteiger partial charge in [0.2, 0.25) is 0 Å². The Bertz CT molecular complexity index is 466. The van der Waals surface area contributed by atoms with E-state index in [1.165, 1.54) is 22.5 Å². The molecule has 0 fully saturated rings. The van der Waals surface area contributed by atoms with E-state index in [0.29, 0.717) is 0 Å². The molecule has 0 spiro atoms. The quantitative estimate of drug-likeness (QED) is 0.671. The van der Waals surface area contributed by atoms with Gasteiger partial charge in [-0.3, -0.25) is 0 Å². The molecule has 0 heterocycles. The topological polar surface area (TPSA) is 3.24 Å². The Labute approximate surface area is 111 Å². The van der Waals surface area contributed by atoms with E-state index in [1.54, 1.807) is 0 Å². The molecule has 0 amide bonds. The average molecular weight is 241 g/mol. The van der Waals surface area contributed by atoms with Crippen molar-refractivity contribution in [1.82, 2.24) is 0 Å². The molecular weight excluding hydrogens is 218 g/mol. The molecule has 0 N–H and O–H groups in total. The first-order valence-electron chi connectivity index (χ1n) is 6.44. The van der Waals surface area contributed by atoms with Gasteiger partial charge in [-0.05, 0) is 63.1 Å². The van der Waals surface area contributed by atoms with Gasteiger partial charge >= 0.3 is 0 Å². The second-order valence-electron chi connectivity index (χ2n) is 4.34. The molecule has 1 aromatic carbocycles. The number of benzene rings is 1. The monoisotopic (exact) mass is 241 g/mol. The Kier molecular flexibility index (Phi) is 5.44. The molecule has 0 aromatic heterocycles. The minimum absolute atomic E-state index is 0.937. The summed E-state index contributed by atoms with van der Waals surface area (Å²) < 4.78 is 0. The SMILES string of the molecule is C=C/C=C(\C=C/C)N(CC)c1ccc(C)c(C)c1. The van der Waals surface area contributed by atoms with Crippen molar-refractivity contribution in [3.8, 4) is 0 Å². The summed E-state index contributed by atoms with van der Waals surface area (Å²) >= 11 is 0. The maximum absolute atomic E-state index is 3.79. The summed E-state index contributed by atoms with van der Waals surface area (Å²) in [5.74, 6) is 0. The van der Waals surface area contributed by atoms with Gasteiger partial charge in [0.1, 0.15) is 0 Å². The lowest BCUT2D eigenvalue weighted by Crippen LogP contribution is -2.20. The van der Waals surface area contributed by atoms with Gasteiger partial charge in [0.15, 0.2) is 0 Å². The fraction of sp³-hybridized carbons (Fsp3) is 0.294. The predicted molar refractivity (Wildman–Crippen MR) is 82.0 cm³/mol. The van der Waals surface area contributed by atoms with E-state index in [1.807, 2.05) is 19.1 Å².